The highest BCUT2D eigenvalue weighted by Crippen LogP contribution is 2.40. The molecule has 2 fully saturated rings. The molecular formula is C21H25NO5. The smallest absolute Gasteiger partial charge is 0.338 e. The molecular weight excluding hydrogens is 346 g/mol. The fourth-order valence-corrected chi connectivity index (χ4v) is 3.59. The first kappa shape index (κ1) is 19.3. The number of nitrogens with zero attached hydrogens (tertiary/aromatic N) is 1. The first-order valence-electron chi connectivity index (χ1n) is 9.38. The number of esters is 1. The van der Waals surface area contributed by atoms with Crippen LogP contribution in [-0.2, 0) is 19.1 Å². The number of fused-ring (bicyclic) bond motifs is 1. The van der Waals surface area contributed by atoms with E-state index in [2.05, 4.69) is 0 Å². The number of imide groups is 1. The predicted octanol–water partition coefficient (Wildman–Crippen LogP) is 3.14. The van der Waals surface area contributed by atoms with Crippen LogP contribution in [0, 0.1) is 17.3 Å². The van der Waals surface area contributed by atoms with Crippen molar-refractivity contribution in [1.29, 1.82) is 0 Å². The van der Waals surface area contributed by atoms with Crippen LogP contribution in [-0.4, -0.2) is 30.2 Å². The Labute approximate surface area is 158 Å². The summed E-state index contributed by atoms with van der Waals surface area (Å²) in [6.45, 7) is 5.01. The zero-order chi connectivity index (χ0) is 19.8. The Morgan fingerprint density at radius 2 is 1.52 bits per heavy atom. The van der Waals surface area contributed by atoms with Crippen molar-refractivity contribution < 1.29 is 23.9 Å². The van der Waals surface area contributed by atoms with Crippen LogP contribution in [0.3, 0.4) is 0 Å². The van der Waals surface area contributed by atoms with Gasteiger partial charge in [-0.3, -0.25) is 19.3 Å². The van der Waals surface area contributed by atoms with Crippen LogP contribution >= 0.6 is 0 Å². The normalized spacial score (nSPS) is 22.6. The summed E-state index contributed by atoms with van der Waals surface area (Å²) in [5.74, 6) is -1.47. The average Bonchev–Trinajstić information content (AvgIpc) is 2.90. The van der Waals surface area contributed by atoms with Gasteiger partial charge in [0.05, 0.1) is 23.1 Å². The molecule has 1 saturated heterocycles. The van der Waals surface area contributed by atoms with E-state index < -0.39 is 11.4 Å². The van der Waals surface area contributed by atoms with Gasteiger partial charge in [0.25, 0.3) is 0 Å². The van der Waals surface area contributed by atoms with Gasteiger partial charge < -0.3 is 4.74 Å². The quantitative estimate of drug-likeness (QED) is 0.600. The van der Waals surface area contributed by atoms with E-state index in [9.17, 15) is 19.2 Å². The summed E-state index contributed by atoms with van der Waals surface area (Å²) in [4.78, 5) is 50.5. The third-order valence-corrected chi connectivity index (χ3v) is 5.37. The van der Waals surface area contributed by atoms with Crippen molar-refractivity contribution in [2.24, 2.45) is 17.3 Å². The lowest BCUT2D eigenvalue weighted by Gasteiger charge is -2.19. The molecule has 2 aliphatic rings. The van der Waals surface area contributed by atoms with Gasteiger partial charge in [-0.25, -0.2) is 4.79 Å². The number of carbonyl (C=O) groups excluding carboxylic acids is 4. The van der Waals surface area contributed by atoms with E-state index in [0.717, 1.165) is 25.7 Å². The molecule has 0 unspecified atom stereocenters. The Kier molecular flexibility index (Phi) is 5.18. The van der Waals surface area contributed by atoms with Crippen molar-refractivity contribution in [2.75, 3.05) is 11.5 Å². The zero-order valence-corrected chi connectivity index (χ0v) is 16.0. The Hall–Kier alpha value is -2.50. The SMILES string of the molecule is CC(C)(C)C(=O)COC(=O)c1ccc(N2C(=O)[C@H]3CCCC[C@H]3C2=O)cc1. The standard InChI is InChI=1S/C21H25NO5/c1-21(2,3)17(23)12-27-20(26)13-8-10-14(11-9-13)22-18(24)15-6-4-5-7-16(15)19(22)25/h8-11,15-16H,4-7,12H2,1-3H3/t15-,16+. The van der Waals surface area contributed by atoms with Gasteiger partial charge >= 0.3 is 5.97 Å². The first-order valence-corrected chi connectivity index (χ1v) is 9.38. The van der Waals surface area contributed by atoms with Crippen LogP contribution < -0.4 is 4.90 Å². The minimum atomic E-state index is -0.605. The summed E-state index contributed by atoms with van der Waals surface area (Å²) in [5.41, 5.74) is 0.177. The summed E-state index contributed by atoms with van der Waals surface area (Å²) in [7, 11) is 0. The molecule has 6 nitrogen and oxygen atoms in total. The van der Waals surface area contributed by atoms with E-state index in [1.54, 1.807) is 32.9 Å². The molecule has 1 aromatic rings. The third kappa shape index (κ3) is 3.80. The second-order valence-electron chi connectivity index (χ2n) is 8.31. The Morgan fingerprint density at radius 3 is 2.00 bits per heavy atom. The van der Waals surface area contributed by atoms with Crippen molar-refractivity contribution in [3.8, 4) is 0 Å². The lowest BCUT2D eigenvalue weighted by molar-refractivity contribution is -0.129. The van der Waals surface area contributed by atoms with Crippen molar-refractivity contribution in [1.82, 2.24) is 0 Å². The van der Waals surface area contributed by atoms with Gasteiger partial charge in [-0.2, -0.15) is 0 Å². The number of carbonyl (C=O) groups is 4. The number of ketones is 1. The van der Waals surface area contributed by atoms with Gasteiger partial charge in [-0.1, -0.05) is 33.6 Å². The maximum absolute atomic E-state index is 12.6. The second-order valence-corrected chi connectivity index (χ2v) is 8.31. The van der Waals surface area contributed by atoms with E-state index in [0.29, 0.717) is 5.69 Å². The van der Waals surface area contributed by atoms with Crippen LogP contribution in [0.2, 0.25) is 0 Å². The Morgan fingerprint density at radius 1 is 1.00 bits per heavy atom. The molecule has 27 heavy (non-hydrogen) atoms. The first-order chi connectivity index (χ1) is 12.7. The predicted molar refractivity (Wildman–Crippen MR) is 99.1 cm³/mol. The molecule has 1 heterocycles. The topological polar surface area (TPSA) is 80.8 Å². The van der Waals surface area contributed by atoms with Crippen LogP contribution in [0.4, 0.5) is 5.69 Å². The minimum Gasteiger partial charge on any atom is -0.454 e. The lowest BCUT2D eigenvalue weighted by atomic mass is 9.81. The highest BCUT2D eigenvalue weighted by Gasteiger charge is 2.48. The van der Waals surface area contributed by atoms with Gasteiger partial charge in [-0.05, 0) is 37.1 Å². The monoisotopic (exact) mass is 371 g/mol. The van der Waals surface area contributed by atoms with Crippen LogP contribution in [0.1, 0.15) is 56.8 Å². The van der Waals surface area contributed by atoms with Crippen LogP contribution in [0.25, 0.3) is 0 Å². The number of benzene rings is 1. The molecule has 144 valence electrons. The largest absolute Gasteiger partial charge is 0.454 e. The minimum absolute atomic E-state index is 0.143. The van der Waals surface area contributed by atoms with Crippen molar-refractivity contribution >= 4 is 29.3 Å². The van der Waals surface area contributed by atoms with Gasteiger partial charge in [0, 0.05) is 5.41 Å². The van der Waals surface area contributed by atoms with Crippen molar-refractivity contribution in [2.45, 2.75) is 46.5 Å². The van der Waals surface area contributed by atoms with E-state index in [1.807, 2.05) is 0 Å². The Balaban J connectivity index is 1.68. The highest BCUT2D eigenvalue weighted by molar-refractivity contribution is 6.22. The molecule has 0 bridgehead atoms. The number of anilines is 1. The number of Topliss-reactive ketones (excluding diaryl/α,β-unsaturated/α-hetero) is 1. The fraction of sp³-hybridized carbons (Fsp3) is 0.524. The molecule has 6 heteroatoms. The molecule has 2 atom stereocenters. The van der Waals surface area contributed by atoms with E-state index in [-0.39, 0.29) is 41.6 Å². The molecule has 1 aliphatic heterocycles. The number of rotatable bonds is 4. The average molecular weight is 371 g/mol. The van der Waals surface area contributed by atoms with Gasteiger partial charge in [-0.15, -0.1) is 0 Å². The fourth-order valence-electron chi connectivity index (χ4n) is 3.59. The van der Waals surface area contributed by atoms with Crippen LogP contribution in [0.15, 0.2) is 24.3 Å². The molecule has 1 aliphatic carbocycles. The van der Waals surface area contributed by atoms with Crippen molar-refractivity contribution in [3.05, 3.63) is 29.8 Å². The Bertz CT molecular complexity index is 751. The van der Waals surface area contributed by atoms with E-state index in [4.69, 9.17) is 4.74 Å². The molecule has 3 rings (SSSR count). The van der Waals surface area contributed by atoms with E-state index >= 15 is 0 Å². The molecule has 2 amide bonds. The number of hydrogen-bond donors (Lipinski definition) is 0. The summed E-state index contributed by atoms with van der Waals surface area (Å²) >= 11 is 0. The summed E-state index contributed by atoms with van der Waals surface area (Å²) in [6.07, 6.45) is 3.48. The van der Waals surface area contributed by atoms with Gasteiger partial charge in [0.1, 0.15) is 0 Å². The van der Waals surface area contributed by atoms with Crippen LogP contribution in [0.5, 0.6) is 0 Å². The number of amides is 2. The molecule has 0 N–H and O–H groups in total. The number of hydrogen-bond acceptors (Lipinski definition) is 5. The van der Waals surface area contributed by atoms with Gasteiger partial charge in [0.15, 0.2) is 12.4 Å². The molecule has 1 aromatic carbocycles. The third-order valence-electron chi connectivity index (χ3n) is 5.37. The maximum Gasteiger partial charge on any atom is 0.338 e. The molecule has 0 radical (unpaired) electrons. The van der Waals surface area contributed by atoms with Gasteiger partial charge in [0.2, 0.25) is 11.8 Å². The van der Waals surface area contributed by atoms with E-state index in [1.165, 1.54) is 17.0 Å². The zero-order valence-electron chi connectivity index (χ0n) is 16.0. The molecule has 1 saturated carbocycles. The summed E-state index contributed by atoms with van der Waals surface area (Å²) in [6, 6.07) is 6.19. The van der Waals surface area contributed by atoms with Crippen molar-refractivity contribution in [3.63, 3.8) is 0 Å². The lowest BCUT2D eigenvalue weighted by Crippen LogP contribution is -2.30. The summed E-state index contributed by atoms with van der Waals surface area (Å²) < 4.78 is 5.07. The number of ether oxygens (including phenoxy) is 1. The highest BCUT2D eigenvalue weighted by atomic mass is 16.5. The summed E-state index contributed by atoms with van der Waals surface area (Å²) in [5, 5.41) is 0. The second kappa shape index (κ2) is 7.25. The molecule has 0 spiro atoms. The molecule has 0 aromatic heterocycles. The maximum atomic E-state index is 12.6.